The number of nitrogens with zero attached hydrogens (tertiary/aromatic N) is 2. The predicted octanol–water partition coefficient (Wildman–Crippen LogP) is 2.81. The molecule has 0 spiro atoms. The molecule has 2 N–H and O–H groups in total. The van der Waals surface area contributed by atoms with Gasteiger partial charge in [-0.25, -0.2) is 4.39 Å². The minimum Gasteiger partial charge on any atom is -0.493 e. The van der Waals surface area contributed by atoms with E-state index in [-0.39, 0.29) is 24.0 Å². The molecule has 1 fully saturated rings. The number of hydrogen-bond acceptors (Lipinski definition) is 7. The van der Waals surface area contributed by atoms with Gasteiger partial charge in [0.05, 0.1) is 19.7 Å². The topological polar surface area (TPSA) is 110 Å². The lowest BCUT2D eigenvalue weighted by Crippen LogP contribution is -2.26. The minimum atomic E-state index is -1.06. The number of carboxylic acids is 1. The number of rotatable bonds is 8. The molecule has 3 rings (SSSR count). The van der Waals surface area contributed by atoms with E-state index in [0.29, 0.717) is 22.6 Å². The van der Waals surface area contributed by atoms with Gasteiger partial charge in [0.1, 0.15) is 17.7 Å². The average molecular weight is 431 g/mol. The summed E-state index contributed by atoms with van der Waals surface area (Å²) in [6, 6.07) is 11.2. The number of hydrogen-bond donors (Lipinski definition) is 2. The Morgan fingerprint density at radius 1 is 1.30 bits per heavy atom. The van der Waals surface area contributed by atoms with Gasteiger partial charge in [0.15, 0.2) is 16.7 Å². The summed E-state index contributed by atoms with van der Waals surface area (Å²) in [4.78, 5) is 22.4. The van der Waals surface area contributed by atoms with Crippen LogP contribution in [0.1, 0.15) is 17.5 Å². The van der Waals surface area contributed by atoms with E-state index in [2.05, 4.69) is 15.5 Å². The SMILES string of the molecule is COc1ccc(C=NN=C2NC(=O)C(CC(=O)O)S2)cc1OCc1cccc(F)c1. The van der Waals surface area contributed by atoms with Gasteiger partial charge in [-0.15, -0.1) is 5.10 Å². The Hall–Kier alpha value is -3.40. The highest BCUT2D eigenvalue weighted by atomic mass is 32.2. The van der Waals surface area contributed by atoms with Gasteiger partial charge in [-0.3, -0.25) is 9.59 Å². The normalized spacial score (nSPS) is 17.3. The molecule has 1 aliphatic rings. The lowest BCUT2D eigenvalue weighted by molar-refractivity contribution is -0.138. The van der Waals surface area contributed by atoms with Crippen molar-refractivity contribution in [3.8, 4) is 11.5 Å². The Balaban J connectivity index is 1.67. The first-order valence-electron chi connectivity index (χ1n) is 8.80. The standard InChI is InChI=1S/C20H18FN3O5S/c1-28-15-6-5-12(8-16(15)29-11-13-3-2-4-14(21)7-13)10-22-24-20-23-19(27)17(30-20)9-18(25)26/h2-8,10,17H,9,11H2,1H3,(H,25,26)(H,23,24,27). The second-order valence-electron chi connectivity index (χ2n) is 6.17. The summed E-state index contributed by atoms with van der Waals surface area (Å²) in [5.41, 5.74) is 1.33. The molecule has 30 heavy (non-hydrogen) atoms. The number of amidine groups is 1. The molecular weight excluding hydrogens is 413 g/mol. The van der Waals surface area contributed by atoms with Gasteiger partial charge in [0.25, 0.3) is 0 Å². The van der Waals surface area contributed by atoms with Crippen molar-refractivity contribution in [3.05, 3.63) is 59.4 Å². The van der Waals surface area contributed by atoms with Gasteiger partial charge in [-0.05, 0) is 41.5 Å². The molecule has 0 saturated carbocycles. The van der Waals surface area contributed by atoms with Crippen LogP contribution in [-0.4, -0.2) is 40.7 Å². The van der Waals surface area contributed by atoms with Crippen molar-refractivity contribution in [3.63, 3.8) is 0 Å². The first-order chi connectivity index (χ1) is 14.4. The summed E-state index contributed by atoms with van der Waals surface area (Å²) in [5, 5.41) is 18.6. The molecule has 1 saturated heterocycles. The van der Waals surface area contributed by atoms with Gasteiger partial charge in [0.2, 0.25) is 5.91 Å². The molecule has 0 aromatic heterocycles. The molecule has 10 heteroatoms. The minimum absolute atomic E-state index is 0.157. The molecule has 1 amide bonds. The molecule has 0 aliphatic carbocycles. The molecular formula is C20H18FN3O5S. The van der Waals surface area contributed by atoms with Crippen LogP contribution >= 0.6 is 11.8 Å². The molecule has 0 bridgehead atoms. The predicted molar refractivity (Wildman–Crippen MR) is 111 cm³/mol. The largest absolute Gasteiger partial charge is 0.493 e. The number of carboxylic acid groups (broad SMARTS) is 1. The maximum Gasteiger partial charge on any atom is 0.305 e. The number of benzene rings is 2. The summed E-state index contributed by atoms with van der Waals surface area (Å²) in [6.07, 6.45) is 1.17. The van der Waals surface area contributed by atoms with Crippen molar-refractivity contribution in [1.29, 1.82) is 0 Å². The second-order valence-corrected chi connectivity index (χ2v) is 7.36. The molecule has 1 atom stereocenters. The highest BCUT2D eigenvalue weighted by molar-refractivity contribution is 8.15. The first-order valence-corrected chi connectivity index (χ1v) is 9.68. The lowest BCUT2D eigenvalue weighted by Gasteiger charge is -2.11. The van der Waals surface area contributed by atoms with Crippen molar-refractivity contribution in [2.75, 3.05) is 7.11 Å². The number of amides is 1. The summed E-state index contributed by atoms with van der Waals surface area (Å²) < 4.78 is 24.3. The second kappa shape index (κ2) is 9.88. The number of halogens is 1. The molecule has 2 aromatic rings. The maximum absolute atomic E-state index is 13.3. The van der Waals surface area contributed by atoms with Crippen molar-refractivity contribution >= 4 is 35.0 Å². The monoisotopic (exact) mass is 431 g/mol. The quantitative estimate of drug-likeness (QED) is 0.491. The van der Waals surface area contributed by atoms with E-state index in [1.54, 1.807) is 30.3 Å². The van der Waals surface area contributed by atoms with Crippen molar-refractivity contribution in [1.82, 2.24) is 5.32 Å². The zero-order chi connectivity index (χ0) is 21.5. The van der Waals surface area contributed by atoms with Crippen molar-refractivity contribution < 1.29 is 28.6 Å². The molecule has 1 aliphatic heterocycles. The maximum atomic E-state index is 13.3. The van der Waals surface area contributed by atoms with Gasteiger partial charge in [0, 0.05) is 0 Å². The summed E-state index contributed by atoms with van der Waals surface area (Å²) in [5.74, 6) is -0.857. The number of aliphatic carboxylic acids is 1. The van der Waals surface area contributed by atoms with Crippen molar-refractivity contribution in [2.45, 2.75) is 18.3 Å². The Morgan fingerprint density at radius 2 is 2.13 bits per heavy atom. The number of nitrogens with one attached hydrogen (secondary N) is 1. The van der Waals surface area contributed by atoms with E-state index in [0.717, 1.165) is 11.8 Å². The third-order valence-electron chi connectivity index (χ3n) is 3.96. The van der Waals surface area contributed by atoms with Gasteiger partial charge < -0.3 is 19.9 Å². The zero-order valence-electron chi connectivity index (χ0n) is 15.9. The van der Waals surface area contributed by atoms with E-state index in [1.165, 1.54) is 25.5 Å². The number of thioether (sulfide) groups is 1. The first kappa shape index (κ1) is 21.3. The Morgan fingerprint density at radius 3 is 2.87 bits per heavy atom. The highest BCUT2D eigenvalue weighted by Gasteiger charge is 2.32. The van der Waals surface area contributed by atoms with Gasteiger partial charge in [-0.1, -0.05) is 23.9 Å². The van der Waals surface area contributed by atoms with Crippen LogP contribution in [0.4, 0.5) is 4.39 Å². The highest BCUT2D eigenvalue weighted by Crippen LogP contribution is 2.28. The Labute approximate surface area is 175 Å². The van der Waals surface area contributed by atoms with E-state index in [9.17, 15) is 14.0 Å². The zero-order valence-corrected chi connectivity index (χ0v) is 16.7. The van der Waals surface area contributed by atoms with E-state index >= 15 is 0 Å². The third-order valence-corrected chi connectivity index (χ3v) is 5.04. The fourth-order valence-electron chi connectivity index (χ4n) is 2.57. The van der Waals surface area contributed by atoms with Crippen LogP contribution in [0.2, 0.25) is 0 Å². The van der Waals surface area contributed by atoms with Gasteiger partial charge in [-0.2, -0.15) is 5.10 Å². The van der Waals surface area contributed by atoms with Crippen LogP contribution < -0.4 is 14.8 Å². The fourth-order valence-corrected chi connectivity index (χ4v) is 3.48. The van der Waals surface area contributed by atoms with E-state index in [1.807, 2.05) is 0 Å². The van der Waals surface area contributed by atoms with Crippen LogP contribution in [0, 0.1) is 5.82 Å². The van der Waals surface area contributed by atoms with Crippen LogP contribution in [0.3, 0.4) is 0 Å². The molecule has 1 unspecified atom stereocenters. The molecule has 1 heterocycles. The molecule has 8 nitrogen and oxygen atoms in total. The molecule has 156 valence electrons. The van der Waals surface area contributed by atoms with E-state index < -0.39 is 17.1 Å². The number of carbonyl (C=O) groups is 2. The molecule has 2 aromatic carbocycles. The van der Waals surface area contributed by atoms with Gasteiger partial charge >= 0.3 is 5.97 Å². The van der Waals surface area contributed by atoms with Crippen LogP contribution in [-0.2, 0) is 16.2 Å². The van der Waals surface area contributed by atoms with Crippen LogP contribution in [0.5, 0.6) is 11.5 Å². The average Bonchev–Trinajstić information content (AvgIpc) is 3.05. The number of carbonyl (C=O) groups excluding carboxylic acids is 1. The third kappa shape index (κ3) is 5.80. The summed E-state index contributed by atoms with van der Waals surface area (Å²) >= 11 is 1.02. The summed E-state index contributed by atoms with van der Waals surface area (Å²) in [6.45, 7) is 0.157. The smallest absolute Gasteiger partial charge is 0.305 e. The van der Waals surface area contributed by atoms with Crippen molar-refractivity contribution in [2.24, 2.45) is 10.2 Å². The van der Waals surface area contributed by atoms with E-state index in [4.69, 9.17) is 14.6 Å². The number of ether oxygens (including phenoxy) is 2. The van der Waals surface area contributed by atoms with Crippen LogP contribution in [0.25, 0.3) is 0 Å². The number of methoxy groups -OCH3 is 1. The fraction of sp³-hybridized carbons (Fsp3) is 0.200. The van der Waals surface area contributed by atoms with Crippen LogP contribution in [0.15, 0.2) is 52.7 Å². The Bertz CT molecular complexity index is 1010. The lowest BCUT2D eigenvalue weighted by atomic mass is 10.2. The molecule has 0 radical (unpaired) electrons. The summed E-state index contributed by atoms with van der Waals surface area (Å²) in [7, 11) is 1.51. The Kier molecular flexibility index (Phi) is 7.02.